The molecule has 5 heteroatoms. The largest absolute Gasteiger partial charge is 0.386 e. The number of aryl methyl sites for hydroxylation is 1. The van der Waals surface area contributed by atoms with Crippen LogP contribution in [0.5, 0.6) is 0 Å². The first-order valence-electron chi connectivity index (χ1n) is 5.66. The lowest BCUT2D eigenvalue weighted by atomic mass is 9.78. The van der Waals surface area contributed by atoms with E-state index < -0.39 is 6.10 Å². The van der Waals surface area contributed by atoms with E-state index in [1.807, 2.05) is 7.05 Å². The first kappa shape index (κ1) is 12.0. The van der Waals surface area contributed by atoms with Crippen LogP contribution in [-0.4, -0.2) is 20.1 Å². The Morgan fingerprint density at radius 3 is 2.69 bits per heavy atom. The van der Waals surface area contributed by atoms with Crippen LogP contribution < -0.4 is 0 Å². The van der Waals surface area contributed by atoms with Gasteiger partial charge in [-0.3, -0.25) is 0 Å². The summed E-state index contributed by atoms with van der Waals surface area (Å²) in [5.74, 6) is 0.293. The van der Waals surface area contributed by atoms with Crippen molar-refractivity contribution in [1.29, 1.82) is 0 Å². The summed E-state index contributed by atoms with van der Waals surface area (Å²) in [6, 6.07) is 0. The third-order valence-electron chi connectivity index (χ3n) is 3.83. The minimum atomic E-state index is -0.480. The highest BCUT2D eigenvalue weighted by atomic mass is 79.9. The Morgan fingerprint density at radius 1 is 1.56 bits per heavy atom. The van der Waals surface area contributed by atoms with Gasteiger partial charge in [0.05, 0.1) is 0 Å². The molecule has 0 radical (unpaired) electrons. The van der Waals surface area contributed by atoms with E-state index in [2.05, 4.69) is 40.1 Å². The molecule has 2 unspecified atom stereocenters. The van der Waals surface area contributed by atoms with Crippen molar-refractivity contribution < 1.29 is 5.11 Å². The van der Waals surface area contributed by atoms with Crippen molar-refractivity contribution in [1.82, 2.24) is 15.0 Å². The van der Waals surface area contributed by atoms with Crippen molar-refractivity contribution in [2.45, 2.75) is 39.2 Å². The smallest absolute Gasteiger partial charge is 0.154 e. The molecular weight excluding hydrogens is 270 g/mol. The molecule has 1 fully saturated rings. The molecule has 2 rings (SSSR count). The Kier molecular flexibility index (Phi) is 3.09. The monoisotopic (exact) mass is 287 g/mol. The number of rotatable bonds is 2. The van der Waals surface area contributed by atoms with Crippen LogP contribution in [0.15, 0.2) is 4.60 Å². The van der Waals surface area contributed by atoms with Gasteiger partial charge in [-0.1, -0.05) is 25.5 Å². The molecule has 1 aromatic heterocycles. The van der Waals surface area contributed by atoms with Gasteiger partial charge < -0.3 is 5.11 Å². The normalized spacial score (nSPS) is 25.9. The van der Waals surface area contributed by atoms with Crippen LogP contribution in [-0.2, 0) is 7.05 Å². The van der Waals surface area contributed by atoms with Gasteiger partial charge in [-0.15, -0.1) is 5.10 Å². The fraction of sp³-hybridized carbons (Fsp3) is 0.818. The van der Waals surface area contributed by atoms with Crippen molar-refractivity contribution in [2.75, 3.05) is 0 Å². The second kappa shape index (κ2) is 4.11. The van der Waals surface area contributed by atoms with Gasteiger partial charge in [0.2, 0.25) is 0 Å². The quantitative estimate of drug-likeness (QED) is 0.909. The summed E-state index contributed by atoms with van der Waals surface area (Å²) in [6.45, 7) is 4.46. The van der Waals surface area contributed by atoms with Crippen LogP contribution in [0.4, 0.5) is 0 Å². The molecular formula is C11H18BrN3O. The zero-order valence-corrected chi connectivity index (χ0v) is 11.5. The minimum absolute atomic E-state index is 0.198. The first-order valence-corrected chi connectivity index (χ1v) is 6.46. The molecule has 1 N–H and O–H groups in total. The summed E-state index contributed by atoms with van der Waals surface area (Å²) in [7, 11) is 1.82. The number of aliphatic hydroxyl groups excluding tert-OH is 1. The minimum Gasteiger partial charge on any atom is -0.386 e. The van der Waals surface area contributed by atoms with E-state index in [0.29, 0.717) is 10.5 Å². The van der Waals surface area contributed by atoms with E-state index in [9.17, 15) is 5.11 Å². The van der Waals surface area contributed by atoms with Gasteiger partial charge in [0.1, 0.15) is 11.8 Å². The molecule has 1 aliphatic carbocycles. The third kappa shape index (κ3) is 1.91. The van der Waals surface area contributed by atoms with Crippen molar-refractivity contribution in [3.05, 3.63) is 10.3 Å². The summed E-state index contributed by atoms with van der Waals surface area (Å²) >= 11 is 3.35. The molecule has 0 aromatic carbocycles. The van der Waals surface area contributed by atoms with E-state index in [0.717, 1.165) is 12.1 Å². The van der Waals surface area contributed by atoms with E-state index >= 15 is 0 Å². The predicted molar refractivity (Wildman–Crippen MR) is 64.8 cm³/mol. The van der Waals surface area contributed by atoms with Gasteiger partial charge in [-0.25, -0.2) is 4.68 Å². The maximum absolute atomic E-state index is 10.5. The van der Waals surface area contributed by atoms with E-state index in [1.165, 1.54) is 12.8 Å². The van der Waals surface area contributed by atoms with Crippen LogP contribution in [0.1, 0.15) is 44.9 Å². The fourth-order valence-corrected chi connectivity index (χ4v) is 3.34. The summed E-state index contributed by atoms with van der Waals surface area (Å²) in [6.07, 6.45) is 2.97. The summed E-state index contributed by atoms with van der Waals surface area (Å²) in [4.78, 5) is 0. The molecule has 0 spiro atoms. The molecule has 16 heavy (non-hydrogen) atoms. The zero-order valence-electron chi connectivity index (χ0n) is 9.94. The predicted octanol–water partition coefficient (Wildman–Crippen LogP) is 2.44. The molecule has 90 valence electrons. The Bertz CT molecular complexity index is 369. The molecule has 1 heterocycles. The Hall–Kier alpha value is -0.420. The van der Waals surface area contributed by atoms with Crippen molar-refractivity contribution in [3.63, 3.8) is 0 Å². The number of hydrogen-bond acceptors (Lipinski definition) is 3. The lowest BCUT2D eigenvalue weighted by Crippen LogP contribution is -2.25. The van der Waals surface area contributed by atoms with Crippen LogP contribution in [0, 0.1) is 11.3 Å². The molecule has 1 saturated carbocycles. The lowest BCUT2D eigenvalue weighted by Gasteiger charge is -2.31. The number of aliphatic hydroxyl groups is 1. The molecule has 4 nitrogen and oxygen atoms in total. The number of halogens is 1. The highest BCUT2D eigenvalue weighted by Gasteiger charge is 2.41. The van der Waals surface area contributed by atoms with Crippen LogP contribution in [0.2, 0.25) is 0 Å². The van der Waals surface area contributed by atoms with Crippen molar-refractivity contribution in [2.24, 2.45) is 18.4 Å². The van der Waals surface area contributed by atoms with Gasteiger partial charge in [0, 0.05) is 7.05 Å². The lowest BCUT2D eigenvalue weighted by molar-refractivity contribution is 0.0466. The van der Waals surface area contributed by atoms with Gasteiger partial charge >= 0.3 is 0 Å². The second-order valence-electron chi connectivity index (χ2n) is 5.32. The number of nitrogens with zero attached hydrogens (tertiary/aromatic N) is 3. The summed E-state index contributed by atoms with van der Waals surface area (Å²) in [5.41, 5.74) is 0.989. The van der Waals surface area contributed by atoms with Crippen LogP contribution >= 0.6 is 15.9 Å². The SMILES string of the molecule is Cn1nnc(Br)c1C(O)C1CCCC1(C)C. The third-order valence-corrected chi connectivity index (χ3v) is 4.39. The van der Waals surface area contributed by atoms with Crippen molar-refractivity contribution in [3.8, 4) is 0 Å². The molecule has 0 saturated heterocycles. The second-order valence-corrected chi connectivity index (χ2v) is 6.07. The molecule has 1 aromatic rings. The number of aromatic nitrogens is 3. The standard InChI is InChI=1S/C11H18BrN3O/c1-11(2)6-4-5-7(11)9(16)8-10(12)13-14-15(8)3/h7,9,16H,4-6H2,1-3H3. The van der Waals surface area contributed by atoms with Gasteiger partial charge in [0.15, 0.2) is 4.60 Å². The first-order chi connectivity index (χ1) is 7.43. The van der Waals surface area contributed by atoms with Crippen LogP contribution in [0.3, 0.4) is 0 Å². The number of hydrogen-bond donors (Lipinski definition) is 1. The van der Waals surface area contributed by atoms with E-state index in [-0.39, 0.29) is 5.41 Å². The Labute approximate surface area is 104 Å². The maximum Gasteiger partial charge on any atom is 0.154 e. The van der Waals surface area contributed by atoms with Gasteiger partial charge in [-0.2, -0.15) is 0 Å². The molecule has 1 aliphatic rings. The zero-order chi connectivity index (χ0) is 11.9. The van der Waals surface area contributed by atoms with Gasteiger partial charge in [-0.05, 0) is 40.1 Å². The van der Waals surface area contributed by atoms with Crippen LogP contribution in [0.25, 0.3) is 0 Å². The summed E-state index contributed by atoms with van der Waals surface area (Å²) in [5, 5.41) is 18.3. The van der Waals surface area contributed by atoms with Crippen molar-refractivity contribution >= 4 is 15.9 Å². The maximum atomic E-state index is 10.5. The van der Waals surface area contributed by atoms with E-state index in [1.54, 1.807) is 4.68 Å². The highest BCUT2D eigenvalue weighted by molar-refractivity contribution is 9.10. The molecule has 0 aliphatic heterocycles. The summed E-state index contributed by atoms with van der Waals surface area (Å²) < 4.78 is 2.31. The average Bonchev–Trinajstić information content (AvgIpc) is 2.69. The Balaban J connectivity index is 2.29. The van der Waals surface area contributed by atoms with E-state index in [4.69, 9.17) is 0 Å². The average molecular weight is 288 g/mol. The fourth-order valence-electron chi connectivity index (χ4n) is 2.78. The topological polar surface area (TPSA) is 50.9 Å². The Morgan fingerprint density at radius 2 is 2.25 bits per heavy atom. The molecule has 2 atom stereocenters. The molecule has 0 bridgehead atoms. The highest BCUT2D eigenvalue weighted by Crippen LogP contribution is 2.49. The molecule has 0 amide bonds. The van der Waals surface area contributed by atoms with Gasteiger partial charge in [0.25, 0.3) is 0 Å².